The molecular weight excluding hydrogens is 559 g/mol. The van der Waals surface area contributed by atoms with E-state index in [-0.39, 0.29) is 29.6 Å². The molecule has 3 aromatic rings. The summed E-state index contributed by atoms with van der Waals surface area (Å²) in [6, 6.07) is 16.2. The van der Waals surface area contributed by atoms with Gasteiger partial charge in [-0.1, -0.05) is 27.2 Å². The van der Waals surface area contributed by atoms with Gasteiger partial charge in [0.05, 0.1) is 5.69 Å². The first kappa shape index (κ1) is 32.8. The van der Waals surface area contributed by atoms with Crippen molar-refractivity contribution in [3.8, 4) is 17.2 Å². The summed E-state index contributed by atoms with van der Waals surface area (Å²) < 4.78 is 27.0. The molecule has 3 amide bonds. The summed E-state index contributed by atoms with van der Waals surface area (Å²) in [5.74, 6) is 0.505. The number of benzene rings is 3. The molecule has 4 rings (SSSR count). The molecule has 3 N–H and O–H groups in total. The number of carbonyl (C=O) groups is 2. The Kier molecular flexibility index (Phi) is 12.0. The molecule has 1 saturated heterocycles. The largest absolute Gasteiger partial charge is 0.490 e. The van der Waals surface area contributed by atoms with E-state index in [0.717, 1.165) is 56.6 Å². The van der Waals surface area contributed by atoms with Crippen LogP contribution in [-0.4, -0.2) is 48.6 Å². The minimum atomic E-state index is -0.617. The van der Waals surface area contributed by atoms with Crippen molar-refractivity contribution in [1.82, 2.24) is 10.2 Å². The van der Waals surface area contributed by atoms with Crippen molar-refractivity contribution in [1.29, 1.82) is 0 Å². The number of urea groups is 1. The number of amides is 3. The summed E-state index contributed by atoms with van der Waals surface area (Å²) in [6.07, 6.45) is 6.30. The lowest BCUT2D eigenvalue weighted by molar-refractivity contribution is 0.0991. The number of anilines is 2. The van der Waals surface area contributed by atoms with Crippen molar-refractivity contribution in [3.63, 3.8) is 0 Å². The molecule has 44 heavy (non-hydrogen) atoms. The first-order valence-electron chi connectivity index (χ1n) is 15.7. The smallest absolute Gasteiger partial charge is 0.319 e. The van der Waals surface area contributed by atoms with Crippen molar-refractivity contribution >= 4 is 23.3 Å². The second-order valence-corrected chi connectivity index (χ2v) is 11.3. The normalized spacial score (nSPS) is 13.9. The van der Waals surface area contributed by atoms with Gasteiger partial charge >= 0.3 is 6.03 Å². The second kappa shape index (κ2) is 16.1. The van der Waals surface area contributed by atoms with Crippen molar-refractivity contribution in [3.05, 3.63) is 77.6 Å². The van der Waals surface area contributed by atoms with E-state index >= 15 is 0 Å². The Hall–Kier alpha value is -4.11. The lowest BCUT2D eigenvalue weighted by Gasteiger charge is -2.32. The standard InChI is InChI=1S/C35H45FN4O4/c1-5-8-19-40-20-17-29(18-21-40)44-33-16-9-25(22-24(33)4)34(41)39-32-15-14-30(23-31(32)36)43-28-12-10-27(11-13-28)38-35(42)37-26(6-2)7-3/h9-16,22-23,26,29H,5-8,17-21H2,1-4H3,(H,39,41)(H2,37,38,42). The van der Waals surface area contributed by atoms with Crippen molar-refractivity contribution in [2.75, 3.05) is 30.3 Å². The minimum Gasteiger partial charge on any atom is -0.490 e. The molecule has 0 aromatic heterocycles. The van der Waals surface area contributed by atoms with Crippen LogP contribution in [0.5, 0.6) is 17.2 Å². The number of carbonyl (C=O) groups excluding carboxylic acids is 2. The van der Waals surface area contributed by atoms with Crippen LogP contribution in [0.2, 0.25) is 0 Å². The summed E-state index contributed by atoms with van der Waals surface area (Å²) >= 11 is 0. The maximum Gasteiger partial charge on any atom is 0.319 e. The highest BCUT2D eigenvalue weighted by molar-refractivity contribution is 6.04. The molecule has 1 aliphatic heterocycles. The van der Waals surface area contributed by atoms with Gasteiger partial charge in [-0.2, -0.15) is 0 Å². The van der Waals surface area contributed by atoms with Crippen molar-refractivity contribution in [2.24, 2.45) is 0 Å². The molecule has 1 heterocycles. The average Bonchev–Trinajstić information content (AvgIpc) is 3.02. The van der Waals surface area contributed by atoms with E-state index in [4.69, 9.17) is 9.47 Å². The van der Waals surface area contributed by atoms with E-state index in [1.54, 1.807) is 42.5 Å². The number of nitrogens with one attached hydrogen (secondary N) is 3. The van der Waals surface area contributed by atoms with Crippen LogP contribution in [0, 0.1) is 12.7 Å². The Bertz CT molecular complexity index is 1390. The van der Waals surface area contributed by atoms with Gasteiger partial charge in [0.2, 0.25) is 0 Å². The number of nitrogens with zero attached hydrogens (tertiary/aromatic N) is 1. The lowest BCUT2D eigenvalue weighted by Crippen LogP contribution is -2.38. The molecule has 1 fully saturated rings. The fraction of sp³-hybridized carbons (Fsp3) is 0.429. The van der Waals surface area contributed by atoms with Crippen LogP contribution in [0.3, 0.4) is 0 Å². The monoisotopic (exact) mass is 604 g/mol. The average molecular weight is 605 g/mol. The number of halogens is 1. The molecule has 236 valence electrons. The first-order valence-corrected chi connectivity index (χ1v) is 15.7. The van der Waals surface area contributed by atoms with Gasteiger partial charge in [0.1, 0.15) is 29.2 Å². The summed E-state index contributed by atoms with van der Waals surface area (Å²) in [4.78, 5) is 27.6. The maximum absolute atomic E-state index is 14.9. The Morgan fingerprint density at radius 3 is 2.27 bits per heavy atom. The Morgan fingerprint density at radius 1 is 0.932 bits per heavy atom. The number of aryl methyl sites for hydroxylation is 1. The number of hydrogen-bond acceptors (Lipinski definition) is 5. The van der Waals surface area contributed by atoms with Crippen molar-refractivity contribution < 1.29 is 23.5 Å². The van der Waals surface area contributed by atoms with Crippen LogP contribution in [0.4, 0.5) is 20.6 Å². The molecule has 3 aromatic carbocycles. The zero-order valence-electron chi connectivity index (χ0n) is 26.3. The van der Waals surface area contributed by atoms with Crippen molar-refractivity contribution in [2.45, 2.75) is 78.4 Å². The van der Waals surface area contributed by atoms with E-state index in [9.17, 15) is 14.0 Å². The third kappa shape index (κ3) is 9.44. The minimum absolute atomic E-state index is 0.0539. The fourth-order valence-electron chi connectivity index (χ4n) is 5.18. The van der Waals surface area contributed by atoms with Gasteiger partial charge in [0.15, 0.2) is 0 Å². The van der Waals surface area contributed by atoms with E-state index in [2.05, 4.69) is 27.8 Å². The van der Waals surface area contributed by atoms with E-state index in [1.807, 2.05) is 26.8 Å². The number of rotatable bonds is 13. The van der Waals surface area contributed by atoms with Gasteiger partial charge in [0, 0.05) is 36.4 Å². The van der Waals surface area contributed by atoms with E-state index in [1.165, 1.54) is 25.0 Å². The highest BCUT2D eigenvalue weighted by atomic mass is 19.1. The quantitative estimate of drug-likeness (QED) is 0.183. The van der Waals surface area contributed by atoms with E-state index in [0.29, 0.717) is 17.0 Å². The molecule has 0 aliphatic carbocycles. The lowest BCUT2D eigenvalue weighted by atomic mass is 10.1. The third-order valence-corrected chi connectivity index (χ3v) is 7.95. The highest BCUT2D eigenvalue weighted by Crippen LogP contribution is 2.28. The van der Waals surface area contributed by atoms with Crippen LogP contribution in [0.1, 0.15) is 75.2 Å². The van der Waals surface area contributed by atoms with Crippen LogP contribution in [0.15, 0.2) is 60.7 Å². The van der Waals surface area contributed by atoms with Gasteiger partial charge in [-0.25, -0.2) is 9.18 Å². The molecule has 1 aliphatic rings. The number of ether oxygens (including phenoxy) is 2. The summed E-state index contributed by atoms with van der Waals surface area (Å²) in [7, 11) is 0. The number of likely N-dealkylation sites (tertiary alicyclic amines) is 1. The SMILES string of the molecule is CCCCN1CCC(Oc2ccc(C(=O)Nc3ccc(Oc4ccc(NC(=O)NC(CC)CC)cc4)cc3F)cc2C)CC1. The van der Waals surface area contributed by atoms with Gasteiger partial charge in [0.25, 0.3) is 5.91 Å². The third-order valence-electron chi connectivity index (χ3n) is 7.95. The fourth-order valence-corrected chi connectivity index (χ4v) is 5.18. The zero-order chi connectivity index (χ0) is 31.5. The van der Waals surface area contributed by atoms with Crippen LogP contribution < -0.4 is 25.4 Å². The Morgan fingerprint density at radius 2 is 1.64 bits per heavy atom. The van der Waals surface area contributed by atoms with Gasteiger partial charge < -0.3 is 30.3 Å². The van der Waals surface area contributed by atoms with Crippen LogP contribution in [0.25, 0.3) is 0 Å². The van der Waals surface area contributed by atoms with Crippen LogP contribution >= 0.6 is 0 Å². The maximum atomic E-state index is 14.9. The molecule has 0 atom stereocenters. The molecule has 0 radical (unpaired) electrons. The molecule has 8 nitrogen and oxygen atoms in total. The van der Waals surface area contributed by atoms with Gasteiger partial charge in [-0.3, -0.25) is 4.79 Å². The summed E-state index contributed by atoms with van der Waals surface area (Å²) in [5.41, 5.74) is 1.95. The molecule has 9 heteroatoms. The number of piperidine rings is 1. The molecule has 0 bridgehead atoms. The topological polar surface area (TPSA) is 91.9 Å². The molecular formula is C35H45FN4O4. The van der Waals surface area contributed by atoms with Gasteiger partial charge in [-0.05, 0) is 106 Å². The molecule has 0 unspecified atom stereocenters. The zero-order valence-corrected chi connectivity index (χ0v) is 26.3. The Balaban J connectivity index is 1.28. The summed E-state index contributed by atoms with van der Waals surface area (Å²) in [5, 5.41) is 8.37. The predicted octanol–water partition coefficient (Wildman–Crippen LogP) is 8.13. The number of hydrogen-bond donors (Lipinski definition) is 3. The molecule has 0 spiro atoms. The van der Waals surface area contributed by atoms with Crippen LogP contribution in [-0.2, 0) is 0 Å². The second-order valence-electron chi connectivity index (χ2n) is 11.3. The van der Waals surface area contributed by atoms with E-state index < -0.39 is 11.7 Å². The first-order chi connectivity index (χ1) is 21.3. The van der Waals surface area contributed by atoms with Gasteiger partial charge in [-0.15, -0.1) is 0 Å². The Labute approximate surface area is 260 Å². The molecule has 0 saturated carbocycles. The number of unbranched alkanes of at least 4 members (excludes halogenated alkanes) is 1. The predicted molar refractivity (Wildman–Crippen MR) is 174 cm³/mol. The highest BCUT2D eigenvalue weighted by Gasteiger charge is 2.21. The summed E-state index contributed by atoms with van der Waals surface area (Å²) in [6.45, 7) is 11.4.